The second kappa shape index (κ2) is 47.3. The molecule has 1 unspecified atom stereocenters. The molecule has 1 atom stereocenters. The van der Waals surface area contributed by atoms with E-state index >= 15 is 0 Å². The SMILES string of the molecule is C=COC(CCCCCCCC)CCCCCCCC.CCCCCCCCCCC(=O)CCCCCCCN(CCCCCCCC)CC(C)CC. The van der Waals surface area contributed by atoms with Gasteiger partial charge in [-0.15, -0.1) is 0 Å². The van der Waals surface area contributed by atoms with E-state index < -0.39 is 0 Å². The average Bonchev–Trinajstić information content (AvgIpc) is 3.16. The molecule has 0 aromatic carbocycles. The largest absolute Gasteiger partial charge is 0.499 e. The van der Waals surface area contributed by atoms with Gasteiger partial charge in [0.2, 0.25) is 0 Å². The molecule has 3 nitrogen and oxygen atoms in total. The minimum absolute atomic E-state index is 0.421. The van der Waals surface area contributed by atoms with Crippen molar-refractivity contribution in [3.05, 3.63) is 12.8 Å². The summed E-state index contributed by atoms with van der Waals surface area (Å²) in [5, 5.41) is 0. The minimum atomic E-state index is 0.421. The Hall–Kier alpha value is -0.830. The highest BCUT2D eigenvalue weighted by Gasteiger charge is 2.10. The zero-order valence-corrected chi connectivity index (χ0v) is 37.8. The highest BCUT2D eigenvalue weighted by molar-refractivity contribution is 5.78. The van der Waals surface area contributed by atoms with Gasteiger partial charge in [0.05, 0.1) is 12.4 Å². The van der Waals surface area contributed by atoms with E-state index in [0.717, 1.165) is 31.6 Å². The summed E-state index contributed by atoms with van der Waals surface area (Å²) < 4.78 is 5.66. The van der Waals surface area contributed by atoms with E-state index in [1.54, 1.807) is 6.26 Å². The molecule has 0 radical (unpaired) electrons. The monoisotopic (exact) mass is 748 g/mol. The third kappa shape index (κ3) is 45.5. The molecule has 0 heterocycles. The van der Waals surface area contributed by atoms with Gasteiger partial charge in [0, 0.05) is 19.4 Å². The van der Waals surface area contributed by atoms with Crippen LogP contribution < -0.4 is 0 Å². The molecule has 0 aliphatic rings. The molecule has 0 bridgehead atoms. The molecule has 0 amide bonds. The van der Waals surface area contributed by atoms with E-state index in [9.17, 15) is 4.79 Å². The van der Waals surface area contributed by atoms with Crippen molar-refractivity contribution in [2.75, 3.05) is 19.6 Å². The zero-order valence-electron chi connectivity index (χ0n) is 37.8. The molecule has 0 saturated carbocycles. The van der Waals surface area contributed by atoms with Crippen LogP contribution in [0, 0.1) is 5.92 Å². The summed E-state index contributed by atoms with van der Waals surface area (Å²) in [7, 11) is 0. The number of ketones is 1. The fourth-order valence-electron chi connectivity index (χ4n) is 7.47. The van der Waals surface area contributed by atoms with Gasteiger partial charge >= 0.3 is 0 Å². The number of unbranched alkanes of at least 4 members (excludes halogenated alkanes) is 26. The number of carbonyl (C=O) groups is 1. The van der Waals surface area contributed by atoms with Crippen LogP contribution in [0.2, 0.25) is 0 Å². The summed E-state index contributed by atoms with van der Waals surface area (Å²) in [6, 6.07) is 0. The van der Waals surface area contributed by atoms with Crippen LogP contribution in [0.1, 0.15) is 273 Å². The van der Waals surface area contributed by atoms with Crippen LogP contribution in [-0.2, 0) is 9.53 Å². The Bertz CT molecular complexity index is 677. The fraction of sp³-hybridized carbons (Fsp3) is 0.940. The minimum Gasteiger partial charge on any atom is -0.499 e. The van der Waals surface area contributed by atoms with Gasteiger partial charge < -0.3 is 9.64 Å². The van der Waals surface area contributed by atoms with E-state index in [4.69, 9.17) is 4.74 Å². The summed E-state index contributed by atoms with van der Waals surface area (Å²) in [4.78, 5) is 14.8. The molecule has 0 saturated heterocycles. The van der Waals surface area contributed by atoms with Gasteiger partial charge in [0.25, 0.3) is 0 Å². The highest BCUT2D eigenvalue weighted by atomic mass is 16.5. The summed E-state index contributed by atoms with van der Waals surface area (Å²) in [5.41, 5.74) is 0. The van der Waals surface area contributed by atoms with Crippen LogP contribution in [-0.4, -0.2) is 36.4 Å². The predicted molar refractivity (Wildman–Crippen MR) is 240 cm³/mol. The van der Waals surface area contributed by atoms with Crippen molar-refractivity contribution in [1.29, 1.82) is 0 Å². The lowest BCUT2D eigenvalue weighted by atomic mass is 10.0. The van der Waals surface area contributed by atoms with Crippen LogP contribution in [0.4, 0.5) is 0 Å². The Morgan fingerprint density at radius 2 is 0.811 bits per heavy atom. The normalized spacial score (nSPS) is 11.9. The average molecular weight is 748 g/mol. The van der Waals surface area contributed by atoms with Crippen LogP contribution in [0.25, 0.3) is 0 Å². The molecule has 0 aromatic heterocycles. The standard InChI is InChI=1S/C31H63NO.C19H38O/c1-5-8-10-12-14-15-17-21-25-31(33)26-22-18-16-20-24-28-32(29-30(4)7-3)27-23-19-13-11-9-6-2;1-4-7-9-11-13-15-17-19(20-6-3)18-16-14-12-10-8-5-2/h30H,5-29H2,1-4H3;6,19H,3-5,7-18H2,1-2H3. The smallest absolute Gasteiger partial charge is 0.132 e. The number of rotatable bonds is 43. The molecule has 3 heteroatoms. The predicted octanol–water partition coefficient (Wildman–Crippen LogP) is 17.2. The Labute approximate surface area is 336 Å². The topological polar surface area (TPSA) is 29.5 Å². The molecule has 0 spiro atoms. The molecule has 0 aromatic rings. The fourth-order valence-corrected chi connectivity index (χ4v) is 7.47. The van der Waals surface area contributed by atoms with Crippen molar-refractivity contribution in [3.63, 3.8) is 0 Å². The molecule has 0 aliphatic carbocycles. The van der Waals surface area contributed by atoms with Gasteiger partial charge in [-0.05, 0) is 70.4 Å². The number of carbonyl (C=O) groups excluding carboxylic acids is 1. The van der Waals surface area contributed by atoms with Gasteiger partial charge in [0.1, 0.15) is 5.78 Å². The molecular formula is C50H101NO2. The first-order valence-corrected chi connectivity index (χ1v) is 24.5. The Kier molecular flexibility index (Phi) is 48.5. The summed E-state index contributed by atoms with van der Waals surface area (Å²) in [6.07, 6.45) is 49.1. The second-order valence-electron chi connectivity index (χ2n) is 16.9. The molecular weight excluding hydrogens is 647 g/mol. The first-order chi connectivity index (χ1) is 26.0. The zero-order chi connectivity index (χ0) is 39.3. The van der Waals surface area contributed by atoms with Crippen LogP contribution in [0.5, 0.6) is 0 Å². The van der Waals surface area contributed by atoms with E-state index in [-0.39, 0.29) is 0 Å². The van der Waals surface area contributed by atoms with E-state index in [0.29, 0.717) is 11.9 Å². The summed E-state index contributed by atoms with van der Waals surface area (Å²) in [6.45, 7) is 21.4. The lowest BCUT2D eigenvalue weighted by Gasteiger charge is -2.25. The van der Waals surface area contributed by atoms with Gasteiger partial charge in [-0.2, -0.15) is 0 Å². The van der Waals surface area contributed by atoms with Crippen molar-refractivity contribution in [2.45, 2.75) is 279 Å². The van der Waals surface area contributed by atoms with Gasteiger partial charge in [0.15, 0.2) is 0 Å². The number of Topliss-reactive ketones (excluding diaryl/α,β-unsaturated/α-hetero) is 1. The Morgan fingerprint density at radius 1 is 0.491 bits per heavy atom. The first kappa shape index (κ1) is 54.3. The third-order valence-corrected chi connectivity index (χ3v) is 11.4. The second-order valence-corrected chi connectivity index (χ2v) is 16.9. The van der Waals surface area contributed by atoms with Crippen molar-refractivity contribution in [2.24, 2.45) is 5.92 Å². The number of ether oxygens (including phenoxy) is 1. The van der Waals surface area contributed by atoms with Gasteiger partial charge in [-0.25, -0.2) is 0 Å². The third-order valence-electron chi connectivity index (χ3n) is 11.4. The van der Waals surface area contributed by atoms with Gasteiger partial charge in [-0.1, -0.05) is 215 Å². The molecule has 0 fully saturated rings. The van der Waals surface area contributed by atoms with Crippen molar-refractivity contribution < 1.29 is 9.53 Å². The maximum Gasteiger partial charge on any atom is 0.132 e. The van der Waals surface area contributed by atoms with E-state index in [2.05, 4.69) is 53.0 Å². The van der Waals surface area contributed by atoms with E-state index in [1.807, 2.05) is 0 Å². The van der Waals surface area contributed by atoms with E-state index in [1.165, 1.54) is 225 Å². The van der Waals surface area contributed by atoms with Crippen LogP contribution >= 0.6 is 0 Å². The number of nitrogens with zero attached hydrogens (tertiary/aromatic N) is 1. The van der Waals surface area contributed by atoms with Crippen molar-refractivity contribution in [3.8, 4) is 0 Å². The molecule has 318 valence electrons. The maximum absolute atomic E-state index is 12.1. The lowest BCUT2D eigenvalue weighted by Crippen LogP contribution is -2.30. The highest BCUT2D eigenvalue weighted by Crippen LogP contribution is 2.17. The number of hydrogen-bond acceptors (Lipinski definition) is 3. The van der Waals surface area contributed by atoms with Gasteiger partial charge in [-0.3, -0.25) is 4.79 Å². The first-order valence-electron chi connectivity index (χ1n) is 24.5. The molecule has 0 aliphatic heterocycles. The molecule has 53 heavy (non-hydrogen) atoms. The van der Waals surface area contributed by atoms with Crippen LogP contribution in [0.3, 0.4) is 0 Å². The van der Waals surface area contributed by atoms with Crippen molar-refractivity contribution in [1.82, 2.24) is 4.90 Å². The Morgan fingerprint density at radius 3 is 1.15 bits per heavy atom. The molecule has 0 N–H and O–H groups in total. The number of hydrogen-bond donors (Lipinski definition) is 0. The summed E-state index contributed by atoms with van der Waals surface area (Å²) >= 11 is 0. The quantitative estimate of drug-likeness (QED) is 0.0459. The molecule has 0 rings (SSSR count). The summed E-state index contributed by atoms with van der Waals surface area (Å²) in [5.74, 6) is 1.33. The van der Waals surface area contributed by atoms with Crippen LogP contribution in [0.15, 0.2) is 12.8 Å². The maximum atomic E-state index is 12.1. The Balaban J connectivity index is 0. The van der Waals surface area contributed by atoms with Crippen molar-refractivity contribution >= 4 is 5.78 Å². The lowest BCUT2D eigenvalue weighted by molar-refractivity contribution is -0.119.